The van der Waals surface area contributed by atoms with Crippen molar-refractivity contribution < 1.29 is 23.1 Å². The second kappa shape index (κ2) is 12.6. The molecule has 4 atom stereocenters. The van der Waals surface area contributed by atoms with Crippen LogP contribution in [0.1, 0.15) is 32.1 Å². The maximum atomic E-state index is 15.4. The minimum atomic E-state index is -1.18. The molecule has 4 unspecified atom stereocenters. The molecule has 222 valence electrons. The normalized spacial score (nSPS) is 36.4. The van der Waals surface area contributed by atoms with E-state index in [0.29, 0.717) is 58.8 Å². The van der Waals surface area contributed by atoms with Crippen LogP contribution in [0.15, 0.2) is 0 Å². The Morgan fingerprint density at radius 3 is 2.21 bits per heavy atom. The first kappa shape index (κ1) is 29.0. The third kappa shape index (κ3) is 6.09. The molecule has 13 heteroatoms. The Morgan fingerprint density at radius 2 is 1.62 bits per heavy atom. The fourth-order valence-corrected chi connectivity index (χ4v) is 7.25. The Morgan fingerprint density at radius 1 is 0.949 bits per heavy atom. The molecule has 0 radical (unpaired) electrons. The number of halogens is 2. The summed E-state index contributed by atoms with van der Waals surface area (Å²) >= 11 is 0. The van der Waals surface area contributed by atoms with Gasteiger partial charge in [-0.05, 0) is 44.7 Å². The largest absolute Gasteiger partial charge is 0.378 e. The standard InChI is InChI=1S/C26H46F2N8O3/c27-18-12-32-26(33-13-18,17-2-1-3-17)21(23(29)30)24(37)34-20-15-31-14-19(28)22(20)35-6-4-16(5-7-35)25(38)36-8-10-39-11-9-36/h16-23,31-33H,1-15,29-30H2,(H,34,37). The maximum Gasteiger partial charge on any atom is 0.229 e. The molecule has 0 spiro atoms. The molecule has 11 nitrogen and oxygen atoms in total. The van der Waals surface area contributed by atoms with Crippen molar-refractivity contribution in [3.05, 3.63) is 0 Å². The molecule has 1 saturated carbocycles. The van der Waals surface area contributed by atoms with E-state index in [0.717, 1.165) is 19.3 Å². The Bertz CT molecular complexity index is 843. The molecule has 0 bridgehead atoms. The van der Waals surface area contributed by atoms with Crippen LogP contribution in [0.5, 0.6) is 0 Å². The number of likely N-dealkylation sites (tertiary alicyclic amines) is 1. The monoisotopic (exact) mass is 556 g/mol. The van der Waals surface area contributed by atoms with Gasteiger partial charge in [-0.15, -0.1) is 0 Å². The second-order valence-corrected chi connectivity index (χ2v) is 11.9. The van der Waals surface area contributed by atoms with Crippen LogP contribution in [0.25, 0.3) is 0 Å². The van der Waals surface area contributed by atoms with Crippen LogP contribution < -0.4 is 32.7 Å². The lowest BCUT2D eigenvalue weighted by Crippen LogP contribution is -2.78. The number of nitrogens with two attached hydrogens (primary N) is 2. The Kier molecular flexibility index (Phi) is 9.36. The number of amides is 2. The van der Waals surface area contributed by atoms with Gasteiger partial charge in [0.05, 0.1) is 43.0 Å². The first-order valence-electron chi connectivity index (χ1n) is 14.7. The smallest absolute Gasteiger partial charge is 0.229 e. The molecule has 2 amide bonds. The van der Waals surface area contributed by atoms with E-state index in [9.17, 15) is 14.0 Å². The molecule has 5 fully saturated rings. The predicted octanol–water partition coefficient (Wildman–Crippen LogP) is -1.76. The summed E-state index contributed by atoms with van der Waals surface area (Å²) in [7, 11) is 0. The summed E-state index contributed by atoms with van der Waals surface area (Å²) in [4.78, 5) is 30.8. The van der Waals surface area contributed by atoms with Gasteiger partial charge in [-0.2, -0.15) is 0 Å². The Balaban J connectivity index is 1.25. The van der Waals surface area contributed by atoms with E-state index < -0.39 is 42.2 Å². The molecule has 0 aromatic carbocycles. The molecular weight excluding hydrogens is 510 g/mol. The van der Waals surface area contributed by atoms with Crippen LogP contribution in [0.2, 0.25) is 0 Å². The number of nitrogens with zero attached hydrogens (tertiary/aromatic N) is 2. The summed E-state index contributed by atoms with van der Waals surface area (Å²) in [5.74, 6) is -1.01. The minimum Gasteiger partial charge on any atom is -0.378 e. The molecule has 0 aromatic heterocycles. The Labute approximate surface area is 229 Å². The third-order valence-corrected chi connectivity index (χ3v) is 9.58. The van der Waals surface area contributed by atoms with E-state index in [1.54, 1.807) is 0 Å². The van der Waals surface area contributed by atoms with E-state index in [2.05, 4.69) is 26.2 Å². The maximum absolute atomic E-state index is 15.4. The number of rotatable bonds is 7. The van der Waals surface area contributed by atoms with E-state index in [-0.39, 0.29) is 43.3 Å². The van der Waals surface area contributed by atoms with Gasteiger partial charge in [-0.1, -0.05) is 6.42 Å². The number of hydrogen-bond donors (Lipinski definition) is 6. The predicted molar refractivity (Wildman–Crippen MR) is 142 cm³/mol. The van der Waals surface area contributed by atoms with Crippen molar-refractivity contribution in [2.24, 2.45) is 29.2 Å². The van der Waals surface area contributed by atoms with E-state index in [4.69, 9.17) is 16.2 Å². The average molecular weight is 557 g/mol. The lowest BCUT2D eigenvalue weighted by atomic mass is 9.68. The van der Waals surface area contributed by atoms with Crippen molar-refractivity contribution in [2.45, 2.75) is 68.4 Å². The molecule has 4 saturated heterocycles. The highest BCUT2D eigenvalue weighted by atomic mass is 19.1. The van der Waals surface area contributed by atoms with Crippen LogP contribution in [-0.2, 0) is 14.3 Å². The van der Waals surface area contributed by atoms with Gasteiger partial charge in [0.15, 0.2) is 0 Å². The highest BCUT2D eigenvalue weighted by molar-refractivity contribution is 5.81. The first-order chi connectivity index (χ1) is 18.8. The average Bonchev–Trinajstić information content (AvgIpc) is 2.89. The van der Waals surface area contributed by atoms with Crippen LogP contribution in [0, 0.1) is 17.8 Å². The van der Waals surface area contributed by atoms with Crippen LogP contribution >= 0.6 is 0 Å². The van der Waals surface area contributed by atoms with Gasteiger partial charge in [-0.3, -0.25) is 25.1 Å². The summed E-state index contributed by atoms with van der Waals surface area (Å²) in [6.45, 7) is 4.43. The third-order valence-electron chi connectivity index (χ3n) is 9.58. The molecule has 4 heterocycles. The van der Waals surface area contributed by atoms with Gasteiger partial charge < -0.3 is 31.7 Å². The summed E-state index contributed by atoms with van der Waals surface area (Å²) in [5, 5.41) is 12.7. The number of carbonyl (C=O) groups is 2. The molecule has 8 N–H and O–H groups in total. The number of hydrogen-bond acceptors (Lipinski definition) is 9. The fourth-order valence-electron chi connectivity index (χ4n) is 7.25. The second-order valence-electron chi connectivity index (χ2n) is 11.9. The zero-order valence-electron chi connectivity index (χ0n) is 22.8. The minimum absolute atomic E-state index is 0.0723. The van der Waals surface area contributed by atoms with Crippen molar-refractivity contribution in [3.63, 3.8) is 0 Å². The molecule has 39 heavy (non-hydrogen) atoms. The summed E-state index contributed by atoms with van der Waals surface area (Å²) in [5.41, 5.74) is 11.5. The van der Waals surface area contributed by atoms with E-state index in [1.807, 2.05) is 4.90 Å². The zero-order valence-corrected chi connectivity index (χ0v) is 22.8. The van der Waals surface area contributed by atoms with Crippen LogP contribution in [-0.4, -0.2) is 123 Å². The number of piperidine rings is 2. The lowest BCUT2D eigenvalue weighted by Gasteiger charge is -2.54. The summed E-state index contributed by atoms with van der Waals surface area (Å²) < 4.78 is 34.9. The van der Waals surface area contributed by atoms with Gasteiger partial charge in [-0.25, -0.2) is 8.78 Å². The number of nitrogens with one attached hydrogen (secondary N) is 4. The van der Waals surface area contributed by atoms with Crippen molar-refractivity contribution in [1.29, 1.82) is 0 Å². The van der Waals surface area contributed by atoms with Crippen molar-refractivity contribution in [2.75, 3.05) is 65.6 Å². The van der Waals surface area contributed by atoms with Gasteiger partial charge in [0.2, 0.25) is 11.8 Å². The Hall–Kier alpha value is -1.48. The number of morpholine rings is 1. The quantitative estimate of drug-likeness (QED) is 0.201. The van der Waals surface area contributed by atoms with Gasteiger partial charge in [0, 0.05) is 45.2 Å². The SMILES string of the molecule is NC(N)C(C(=O)NC1CNCC(F)C1N1CCC(C(=O)N2CCOCC2)CC1)C1(C2CCC2)NCC(F)CN1. The molecule has 4 aliphatic heterocycles. The first-order valence-corrected chi connectivity index (χ1v) is 14.7. The van der Waals surface area contributed by atoms with E-state index in [1.165, 1.54) is 0 Å². The highest BCUT2D eigenvalue weighted by Crippen LogP contribution is 2.40. The lowest BCUT2D eigenvalue weighted by molar-refractivity contribution is -0.141. The van der Waals surface area contributed by atoms with Gasteiger partial charge >= 0.3 is 0 Å². The molecular formula is C26H46F2N8O3. The van der Waals surface area contributed by atoms with Crippen molar-refractivity contribution in [3.8, 4) is 0 Å². The number of ether oxygens (including phenoxy) is 1. The number of carbonyl (C=O) groups excluding carboxylic acids is 2. The summed E-state index contributed by atoms with van der Waals surface area (Å²) in [6, 6.07) is -1.02. The zero-order chi connectivity index (χ0) is 27.6. The van der Waals surface area contributed by atoms with E-state index >= 15 is 4.39 Å². The number of alkyl halides is 2. The van der Waals surface area contributed by atoms with Gasteiger partial charge in [0.25, 0.3) is 0 Å². The molecule has 5 rings (SSSR count). The highest BCUT2D eigenvalue weighted by Gasteiger charge is 2.54. The summed E-state index contributed by atoms with van der Waals surface area (Å²) in [6.07, 6.45) is 0.912. The van der Waals surface area contributed by atoms with Crippen molar-refractivity contribution in [1.82, 2.24) is 31.1 Å². The van der Waals surface area contributed by atoms with Crippen molar-refractivity contribution >= 4 is 11.8 Å². The molecule has 0 aromatic rings. The van der Waals surface area contributed by atoms with Crippen LogP contribution in [0.4, 0.5) is 8.78 Å². The fraction of sp³-hybridized carbons (Fsp3) is 0.923. The molecule has 5 aliphatic rings. The topological polar surface area (TPSA) is 150 Å². The van der Waals surface area contributed by atoms with Crippen LogP contribution in [0.3, 0.4) is 0 Å². The van der Waals surface area contributed by atoms with Gasteiger partial charge in [0.1, 0.15) is 12.3 Å². The molecule has 1 aliphatic carbocycles.